The summed E-state index contributed by atoms with van der Waals surface area (Å²) in [6.07, 6.45) is 0.447. The predicted octanol–water partition coefficient (Wildman–Crippen LogP) is 1.63. The topological polar surface area (TPSA) is 91.7 Å². The van der Waals surface area contributed by atoms with Crippen molar-refractivity contribution in [2.75, 3.05) is 25.6 Å². The third-order valence-corrected chi connectivity index (χ3v) is 2.73. The van der Waals surface area contributed by atoms with Crippen LogP contribution in [-0.4, -0.2) is 47.0 Å². The fourth-order valence-corrected chi connectivity index (χ4v) is 1.61. The fourth-order valence-electron chi connectivity index (χ4n) is 1.40. The number of ether oxygens (including phenoxy) is 1. The Morgan fingerprint density at radius 3 is 2.84 bits per heavy atom. The van der Waals surface area contributed by atoms with Crippen molar-refractivity contribution < 1.29 is 19.7 Å². The maximum Gasteiger partial charge on any atom is 0.335 e. The van der Waals surface area contributed by atoms with E-state index >= 15 is 0 Å². The summed E-state index contributed by atoms with van der Waals surface area (Å²) in [5.41, 5.74) is -0.942. The van der Waals surface area contributed by atoms with Crippen molar-refractivity contribution in [3.63, 3.8) is 0 Å². The Hall–Kier alpha value is -1.37. The molecule has 0 saturated heterocycles. The summed E-state index contributed by atoms with van der Waals surface area (Å²) in [6.45, 7) is 2.29. The number of carboxylic acids is 1. The number of halogens is 1. The molecule has 1 atom stereocenters. The first-order valence-corrected chi connectivity index (χ1v) is 6.08. The molecule has 19 heavy (non-hydrogen) atoms. The van der Waals surface area contributed by atoms with Crippen LogP contribution in [0, 0.1) is 0 Å². The van der Waals surface area contributed by atoms with Crippen LogP contribution < -0.4 is 5.32 Å². The van der Waals surface area contributed by atoms with Crippen molar-refractivity contribution in [3.8, 4) is 0 Å². The maximum atomic E-state index is 10.9. The van der Waals surface area contributed by atoms with Gasteiger partial charge in [-0.1, -0.05) is 11.6 Å². The number of hydrogen-bond donors (Lipinski definition) is 3. The average molecular weight is 289 g/mol. The fraction of sp³-hybridized carbons (Fsp3) is 0.500. The van der Waals surface area contributed by atoms with Crippen LogP contribution in [0.25, 0.3) is 0 Å². The first kappa shape index (κ1) is 15.7. The highest BCUT2D eigenvalue weighted by Crippen LogP contribution is 2.16. The maximum absolute atomic E-state index is 10.9. The van der Waals surface area contributed by atoms with Gasteiger partial charge in [0.2, 0.25) is 0 Å². The normalized spacial score (nSPS) is 13.9. The lowest BCUT2D eigenvalue weighted by Crippen LogP contribution is -2.34. The number of methoxy groups -OCH3 is 1. The predicted molar refractivity (Wildman–Crippen MR) is 71.8 cm³/mol. The van der Waals surface area contributed by atoms with Gasteiger partial charge < -0.3 is 20.3 Å². The molecule has 0 aliphatic heterocycles. The van der Waals surface area contributed by atoms with E-state index in [-0.39, 0.29) is 17.3 Å². The number of carbonyl (C=O) groups is 1. The third-order valence-electron chi connectivity index (χ3n) is 2.54. The molecule has 0 radical (unpaired) electrons. The van der Waals surface area contributed by atoms with Gasteiger partial charge >= 0.3 is 5.97 Å². The number of aromatic nitrogens is 1. The molecule has 0 bridgehead atoms. The Balaban J connectivity index is 2.69. The minimum Gasteiger partial charge on any atom is -0.478 e. The van der Waals surface area contributed by atoms with Gasteiger partial charge in [-0.3, -0.25) is 0 Å². The monoisotopic (exact) mass is 288 g/mol. The van der Waals surface area contributed by atoms with Gasteiger partial charge in [-0.2, -0.15) is 0 Å². The highest BCUT2D eigenvalue weighted by Gasteiger charge is 2.20. The molecular formula is C12H17ClN2O4. The van der Waals surface area contributed by atoms with Crippen molar-refractivity contribution in [3.05, 3.63) is 22.8 Å². The van der Waals surface area contributed by atoms with Gasteiger partial charge in [0, 0.05) is 26.7 Å². The van der Waals surface area contributed by atoms with Gasteiger partial charge in [0.1, 0.15) is 11.0 Å². The van der Waals surface area contributed by atoms with Gasteiger partial charge in [-0.15, -0.1) is 0 Å². The second-order valence-corrected chi connectivity index (χ2v) is 4.85. The minimum absolute atomic E-state index is 0.0408. The lowest BCUT2D eigenvalue weighted by atomic mass is 10.0. The largest absolute Gasteiger partial charge is 0.478 e. The molecule has 0 fully saturated rings. The van der Waals surface area contributed by atoms with Crippen LogP contribution in [-0.2, 0) is 4.74 Å². The number of hydrogen-bond acceptors (Lipinski definition) is 5. The van der Waals surface area contributed by atoms with E-state index in [0.29, 0.717) is 18.8 Å². The van der Waals surface area contributed by atoms with Crippen LogP contribution in [0.4, 0.5) is 5.82 Å². The Kier molecular flexibility index (Phi) is 5.53. The summed E-state index contributed by atoms with van der Waals surface area (Å²) in [5, 5.41) is 21.9. The molecule has 0 aliphatic carbocycles. The number of aliphatic hydroxyl groups is 1. The average Bonchev–Trinajstić information content (AvgIpc) is 2.33. The lowest BCUT2D eigenvalue weighted by molar-refractivity contribution is 0.0357. The highest BCUT2D eigenvalue weighted by molar-refractivity contribution is 6.29. The SMILES string of the molecule is COCCC(C)(O)CNc1cc(C(=O)O)cc(Cl)n1. The summed E-state index contributed by atoms with van der Waals surface area (Å²) in [6, 6.07) is 2.62. The van der Waals surface area contributed by atoms with Crippen LogP contribution in [0.3, 0.4) is 0 Å². The number of rotatable bonds is 7. The van der Waals surface area contributed by atoms with Gasteiger partial charge in [0.25, 0.3) is 0 Å². The summed E-state index contributed by atoms with van der Waals surface area (Å²) in [7, 11) is 1.56. The van der Waals surface area contributed by atoms with E-state index in [9.17, 15) is 9.90 Å². The van der Waals surface area contributed by atoms with Crippen LogP contribution in [0.1, 0.15) is 23.7 Å². The summed E-state index contributed by atoms with van der Waals surface area (Å²) in [5.74, 6) is -0.777. The number of nitrogens with one attached hydrogen (secondary N) is 1. The van der Waals surface area contributed by atoms with E-state index in [1.807, 2.05) is 0 Å². The van der Waals surface area contributed by atoms with E-state index in [1.54, 1.807) is 14.0 Å². The van der Waals surface area contributed by atoms with Gasteiger partial charge in [0.05, 0.1) is 11.2 Å². The van der Waals surface area contributed by atoms with Gasteiger partial charge in [-0.05, 0) is 19.1 Å². The molecule has 0 spiro atoms. The highest BCUT2D eigenvalue weighted by atomic mass is 35.5. The number of aromatic carboxylic acids is 1. The molecule has 1 aromatic heterocycles. The zero-order chi connectivity index (χ0) is 14.5. The van der Waals surface area contributed by atoms with E-state index in [4.69, 9.17) is 21.4 Å². The van der Waals surface area contributed by atoms with Crippen molar-refractivity contribution in [2.24, 2.45) is 0 Å². The molecule has 0 aromatic carbocycles. The number of pyridine rings is 1. The standard InChI is InChI=1S/C12H17ClN2O4/c1-12(18,3-4-19-2)7-14-10-6-8(11(16)17)5-9(13)15-10/h5-6,18H,3-4,7H2,1-2H3,(H,14,15)(H,16,17). The molecule has 0 aliphatic rings. The first-order chi connectivity index (χ1) is 8.84. The van der Waals surface area contributed by atoms with Crippen molar-refractivity contribution in [1.82, 2.24) is 4.98 Å². The molecule has 1 rings (SSSR count). The Morgan fingerprint density at radius 2 is 2.26 bits per heavy atom. The van der Waals surface area contributed by atoms with Crippen molar-refractivity contribution >= 4 is 23.4 Å². The van der Waals surface area contributed by atoms with Crippen LogP contribution in [0.2, 0.25) is 5.15 Å². The molecule has 1 unspecified atom stereocenters. The second kappa shape index (κ2) is 6.70. The van der Waals surface area contributed by atoms with Crippen LogP contribution >= 0.6 is 11.6 Å². The zero-order valence-electron chi connectivity index (χ0n) is 10.8. The number of nitrogens with zero attached hydrogens (tertiary/aromatic N) is 1. The zero-order valence-corrected chi connectivity index (χ0v) is 11.6. The molecule has 7 heteroatoms. The molecule has 106 valence electrons. The van der Waals surface area contributed by atoms with E-state index in [2.05, 4.69) is 10.3 Å². The lowest BCUT2D eigenvalue weighted by Gasteiger charge is -2.23. The van der Waals surface area contributed by atoms with Crippen LogP contribution in [0.5, 0.6) is 0 Å². The second-order valence-electron chi connectivity index (χ2n) is 4.46. The summed E-state index contributed by atoms with van der Waals surface area (Å²) < 4.78 is 4.90. The number of anilines is 1. The molecular weight excluding hydrogens is 272 g/mol. The minimum atomic E-state index is -1.08. The van der Waals surface area contributed by atoms with Gasteiger partial charge in [0.15, 0.2) is 0 Å². The van der Waals surface area contributed by atoms with E-state index in [0.717, 1.165) is 0 Å². The molecule has 1 aromatic rings. The van der Waals surface area contributed by atoms with Crippen molar-refractivity contribution in [1.29, 1.82) is 0 Å². The Labute approximate surface area is 116 Å². The van der Waals surface area contributed by atoms with Gasteiger partial charge in [-0.25, -0.2) is 9.78 Å². The van der Waals surface area contributed by atoms with Crippen LogP contribution in [0.15, 0.2) is 12.1 Å². The molecule has 0 amide bonds. The quantitative estimate of drug-likeness (QED) is 0.661. The first-order valence-electron chi connectivity index (χ1n) is 5.70. The smallest absolute Gasteiger partial charge is 0.335 e. The summed E-state index contributed by atoms with van der Waals surface area (Å²) >= 11 is 5.73. The Bertz CT molecular complexity index is 451. The van der Waals surface area contributed by atoms with E-state index < -0.39 is 11.6 Å². The Morgan fingerprint density at radius 1 is 1.58 bits per heavy atom. The van der Waals surface area contributed by atoms with Crippen molar-refractivity contribution in [2.45, 2.75) is 18.9 Å². The summed E-state index contributed by atoms with van der Waals surface area (Å²) in [4.78, 5) is 14.8. The molecule has 3 N–H and O–H groups in total. The molecule has 1 heterocycles. The molecule has 6 nitrogen and oxygen atoms in total. The number of carboxylic acid groups (broad SMARTS) is 1. The third kappa shape index (κ3) is 5.42. The van der Waals surface area contributed by atoms with E-state index in [1.165, 1.54) is 12.1 Å². The molecule has 0 saturated carbocycles.